The van der Waals surface area contributed by atoms with Crippen LogP contribution in [0.2, 0.25) is 0 Å². The zero-order chi connectivity index (χ0) is 25.1. The van der Waals surface area contributed by atoms with E-state index in [0.29, 0.717) is 16.8 Å². The molecule has 1 unspecified atom stereocenters. The van der Waals surface area contributed by atoms with Crippen molar-refractivity contribution < 1.29 is 23.9 Å². The van der Waals surface area contributed by atoms with Crippen LogP contribution in [0.1, 0.15) is 53.8 Å². The monoisotopic (exact) mass is 495 g/mol. The van der Waals surface area contributed by atoms with Gasteiger partial charge in [-0.2, -0.15) is 0 Å². The molecule has 1 fully saturated rings. The van der Waals surface area contributed by atoms with Crippen LogP contribution in [-0.4, -0.2) is 47.8 Å². The number of ether oxygens (including phenoxy) is 1. The lowest BCUT2D eigenvalue weighted by Gasteiger charge is -2.33. The van der Waals surface area contributed by atoms with Crippen molar-refractivity contribution >= 4 is 46.7 Å². The van der Waals surface area contributed by atoms with Crippen molar-refractivity contribution in [2.75, 3.05) is 23.4 Å². The van der Waals surface area contributed by atoms with E-state index in [1.54, 1.807) is 31.2 Å². The highest BCUT2D eigenvalue weighted by atomic mass is 35.5. The topological polar surface area (TPSA) is 96.0 Å². The summed E-state index contributed by atoms with van der Waals surface area (Å²) in [4.78, 5) is 53.3. The van der Waals surface area contributed by atoms with Crippen LogP contribution in [-0.2, 0) is 14.3 Å². The zero-order valence-electron chi connectivity index (χ0n) is 19.5. The average molecular weight is 496 g/mol. The predicted octanol–water partition coefficient (Wildman–Crippen LogP) is 4.31. The number of benzene rings is 2. The Morgan fingerprint density at radius 2 is 1.66 bits per heavy atom. The van der Waals surface area contributed by atoms with Gasteiger partial charge in [0.25, 0.3) is 17.7 Å². The summed E-state index contributed by atoms with van der Waals surface area (Å²) in [5, 5.41) is 2.66. The molecule has 2 aliphatic heterocycles. The molecule has 0 aliphatic carbocycles. The second-order valence-electron chi connectivity index (χ2n) is 8.45. The SMILES string of the molecule is CCOC(=O)c1ccc(N2C(=O)C(Cl)=C(Nc3ccc(C(=O)N4CCCCC4C)cc3)C2=O)cc1. The van der Waals surface area contributed by atoms with Crippen molar-refractivity contribution in [3.63, 3.8) is 0 Å². The summed E-state index contributed by atoms with van der Waals surface area (Å²) in [5.41, 5.74) is 1.60. The number of likely N-dealkylation sites (tertiary alicyclic amines) is 1. The average Bonchev–Trinajstić information content (AvgIpc) is 3.07. The van der Waals surface area contributed by atoms with Crippen LogP contribution in [0.25, 0.3) is 0 Å². The Morgan fingerprint density at radius 1 is 1.00 bits per heavy atom. The largest absolute Gasteiger partial charge is 0.462 e. The fourth-order valence-corrected chi connectivity index (χ4v) is 4.43. The van der Waals surface area contributed by atoms with Gasteiger partial charge >= 0.3 is 5.97 Å². The standard InChI is InChI=1S/C26H26ClN3O5/c1-3-35-26(34)18-9-13-20(14-10-18)30-24(32)21(27)22(25(30)33)28-19-11-7-17(8-12-19)23(31)29-15-5-4-6-16(29)2/h7-14,16,28H,3-6,15H2,1-2H3. The minimum absolute atomic E-state index is 0.0226. The molecule has 8 nitrogen and oxygen atoms in total. The molecule has 0 aromatic heterocycles. The van der Waals surface area contributed by atoms with Crippen LogP contribution in [0.4, 0.5) is 11.4 Å². The van der Waals surface area contributed by atoms with E-state index in [1.165, 1.54) is 24.3 Å². The van der Waals surface area contributed by atoms with Gasteiger partial charge in [0.1, 0.15) is 10.7 Å². The number of nitrogens with zero attached hydrogens (tertiary/aromatic N) is 2. The predicted molar refractivity (Wildman–Crippen MR) is 132 cm³/mol. The normalized spacial score (nSPS) is 18.2. The summed E-state index contributed by atoms with van der Waals surface area (Å²) < 4.78 is 4.95. The first-order valence-electron chi connectivity index (χ1n) is 11.6. The molecule has 0 saturated carbocycles. The smallest absolute Gasteiger partial charge is 0.338 e. The summed E-state index contributed by atoms with van der Waals surface area (Å²) in [7, 11) is 0. The summed E-state index contributed by atoms with van der Waals surface area (Å²) >= 11 is 6.21. The molecule has 2 aromatic carbocycles. The number of carbonyl (C=O) groups excluding carboxylic acids is 4. The van der Waals surface area contributed by atoms with E-state index in [0.717, 1.165) is 30.7 Å². The van der Waals surface area contributed by atoms with Gasteiger partial charge in [-0.1, -0.05) is 11.6 Å². The van der Waals surface area contributed by atoms with Crippen LogP contribution < -0.4 is 10.2 Å². The Kier molecular flexibility index (Phi) is 7.21. The van der Waals surface area contributed by atoms with Gasteiger partial charge in [0.15, 0.2) is 0 Å². The van der Waals surface area contributed by atoms with Gasteiger partial charge in [0.05, 0.1) is 17.9 Å². The third-order valence-electron chi connectivity index (χ3n) is 6.13. The van der Waals surface area contributed by atoms with Crippen molar-refractivity contribution in [2.24, 2.45) is 0 Å². The minimum Gasteiger partial charge on any atom is -0.462 e. The molecule has 3 amide bonds. The van der Waals surface area contributed by atoms with Gasteiger partial charge in [-0.05, 0) is 81.6 Å². The Morgan fingerprint density at radius 3 is 2.29 bits per heavy atom. The van der Waals surface area contributed by atoms with E-state index in [1.807, 2.05) is 4.90 Å². The van der Waals surface area contributed by atoms with Crippen molar-refractivity contribution in [3.8, 4) is 0 Å². The van der Waals surface area contributed by atoms with Crippen LogP contribution in [0.15, 0.2) is 59.3 Å². The number of nitrogens with one attached hydrogen (secondary N) is 1. The second-order valence-corrected chi connectivity index (χ2v) is 8.83. The quantitative estimate of drug-likeness (QED) is 0.474. The highest BCUT2D eigenvalue weighted by Crippen LogP contribution is 2.30. The van der Waals surface area contributed by atoms with Gasteiger partial charge in [0.2, 0.25) is 0 Å². The molecule has 0 radical (unpaired) electrons. The van der Waals surface area contributed by atoms with Crippen molar-refractivity contribution in [1.82, 2.24) is 4.90 Å². The van der Waals surface area contributed by atoms with E-state index in [9.17, 15) is 19.2 Å². The van der Waals surface area contributed by atoms with E-state index < -0.39 is 17.8 Å². The molecule has 35 heavy (non-hydrogen) atoms. The molecular weight excluding hydrogens is 470 g/mol. The van der Waals surface area contributed by atoms with Crippen LogP contribution in [0, 0.1) is 0 Å². The van der Waals surface area contributed by atoms with Crippen LogP contribution >= 0.6 is 11.6 Å². The van der Waals surface area contributed by atoms with E-state index >= 15 is 0 Å². The van der Waals surface area contributed by atoms with Gasteiger partial charge < -0.3 is 15.0 Å². The minimum atomic E-state index is -0.672. The summed E-state index contributed by atoms with van der Waals surface area (Å²) in [6.45, 7) is 4.75. The molecule has 1 N–H and O–H groups in total. The first-order valence-corrected chi connectivity index (χ1v) is 11.9. The molecule has 1 saturated heterocycles. The number of esters is 1. The van der Waals surface area contributed by atoms with Gasteiger partial charge in [0, 0.05) is 23.8 Å². The molecule has 2 aliphatic rings. The molecule has 2 aromatic rings. The van der Waals surface area contributed by atoms with Crippen LogP contribution in [0.5, 0.6) is 0 Å². The van der Waals surface area contributed by atoms with Gasteiger partial charge in [-0.3, -0.25) is 14.4 Å². The van der Waals surface area contributed by atoms with Gasteiger partial charge in [-0.25, -0.2) is 9.69 Å². The number of amides is 3. The molecular formula is C26H26ClN3O5. The number of carbonyl (C=O) groups is 4. The highest BCUT2D eigenvalue weighted by molar-refractivity contribution is 6.53. The number of hydrogen-bond donors (Lipinski definition) is 1. The number of anilines is 2. The molecule has 1 atom stereocenters. The lowest BCUT2D eigenvalue weighted by atomic mass is 10.0. The van der Waals surface area contributed by atoms with Crippen LogP contribution in [0.3, 0.4) is 0 Å². The maximum Gasteiger partial charge on any atom is 0.338 e. The number of imide groups is 1. The molecule has 0 spiro atoms. The van der Waals surface area contributed by atoms with Crippen molar-refractivity contribution in [1.29, 1.82) is 0 Å². The highest BCUT2D eigenvalue weighted by Gasteiger charge is 2.39. The summed E-state index contributed by atoms with van der Waals surface area (Å²) in [6.07, 6.45) is 3.12. The lowest BCUT2D eigenvalue weighted by Crippen LogP contribution is -2.42. The molecule has 4 rings (SSSR count). The summed E-state index contributed by atoms with van der Waals surface area (Å²) in [5.74, 6) is -1.81. The number of piperidine rings is 1. The first-order chi connectivity index (χ1) is 16.8. The first kappa shape index (κ1) is 24.5. The number of rotatable bonds is 6. The molecule has 0 bridgehead atoms. The molecule has 2 heterocycles. The fourth-order valence-electron chi connectivity index (χ4n) is 4.21. The lowest BCUT2D eigenvalue weighted by molar-refractivity contribution is -0.120. The van der Waals surface area contributed by atoms with Gasteiger partial charge in [-0.15, -0.1) is 0 Å². The Labute approximate surface area is 208 Å². The van der Waals surface area contributed by atoms with Crippen molar-refractivity contribution in [3.05, 3.63) is 70.4 Å². The maximum atomic E-state index is 13.0. The number of hydrogen-bond acceptors (Lipinski definition) is 6. The third-order valence-corrected chi connectivity index (χ3v) is 6.48. The Balaban J connectivity index is 1.47. The molecule has 182 valence electrons. The Bertz CT molecular complexity index is 1190. The fraction of sp³-hybridized carbons (Fsp3) is 0.308. The third kappa shape index (κ3) is 4.93. The molecule has 9 heteroatoms. The van der Waals surface area contributed by atoms with E-state index in [4.69, 9.17) is 16.3 Å². The summed E-state index contributed by atoms with van der Waals surface area (Å²) in [6, 6.07) is 12.9. The number of halogens is 1. The maximum absolute atomic E-state index is 13.0. The van der Waals surface area contributed by atoms with E-state index in [-0.39, 0.29) is 35.0 Å². The van der Waals surface area contributed by atoms with E-state index in [2.05, 4.69) is 12.2 Å². The Hall–Kier alpha value is -3.65. The zero-order valence-corrected chi connectivity index (χ0v) is 20.3. The van der Waals surface area contributed by atoms with Crippen molar-refractivity contribution in [2.45, 2.75) is 39.2 Å². The second kappa shape index (κ2) is 10.3.